The molecule has 12 aromatic rings. The number of amides is 7. The zero-order valence-corrected chi connectivity index (χ0v) is 81.5. The van der Waals surface area contributed by atoms with Crippen LogP contribution in [0.3, 0.4) is 0 Å². The van der Waals surface area contributed by atoms with Crippen LogP contribution in [0, 0.1) is 17.8 Å². The molecule has 3 aromatic heterocycles. The number of carbonyl (C=O) groups is 8. The van der Waals surface area contributed by atoms with E-state index in [4.69, 9.17) is 32.3 Å². The van der Waals surface area contributed by atoms with E-state index in [1.54, 1.807) is 137 Å². The first kappa shape index (κ1) is 101. The van der Waals surface area contributed by atoms with E-state index in [9.17, 15) is 38.4 Å². The number of alkyl halides is 1. The Morgan fingerprint density at radius 2 is 0.793 bits per heavy atom. The van der Waals surface area contributed by atoms with E-state index in [1.165, 1.54) is 171 Å². The molecule has 22 heteroatoms. The number of aliphatic hydroxyl groups excluding tert-OH is 1. The zero-order chi connectivity index (χ0) is 97.6. The number of aryl methyl sites for hydroxylation is 6. The third kappa shape index (κ3) is 25.9. The van der Waals surface area contributed by atoms with Gasteiger partial charge in [0.1, 0.15) is 6.29 Å². The first-order valence-electron chi connectivity index (χ1n) is 49.4. The lowest BCUT2D eigenvalue weighted by Crippen LogP contribution is -2.37. The van der Waals surface area contributed by atoms with Crippen LogP contribution < -0.4 is 22.5 Å². The molecule has 0 saturated heterocycles. The van der Waals surface area contributed by atoms with E-state index in [1.807, 2.05) is 48.9 Å². The summed E-state index contributed by atoms with van der Waals surface area (Å²) in [5, 5.41) is 13.2. The monoisotopic (exact) mass is 1930 g/mol. The van der Waals surface area contributed by atoms with Gasteiger partial charge in [0, 0.05) is 94.8 Å². The molecule has 8 N–H and O–H groups in total. The van der Waals surface area contributed by atoms with Crippen LogP contribution in [0.2, 0.25) is 0 Å². The van der Waals surface area contributed by atoms with Gasteiger partial charge in [0.15, 0.2) is 0 Å². The molecule has 0 radical (unpaired) electrons. The number of halogens is 1. The molecule has 9 aromatic carbocycles. The molecule has 6 aliphatic carbocycles. The quantitative estimate of drug-likeness (QED) is 0.0172. The molecule has 140 heavy (non-hydrogen) atoms. The molecule has 6 atom stereocenters. The molecule has 6 heterocycles. The third-order valence-corrected chi connectivity index (χ3v) is 28.4. The third-order valence-electron chi connectivity index (χ3n) is 28.0. The van der Waals surface area contributed by atoms with Gasteiger partial charge in [0.2, 0.25) is 5.91 Å². The first-order chi connectivity index (χ1) is 68.5. The number of aldehydes is 1. The fourth-order valence-electron chi connectivity index (χ4n) is 20.6. The predicted octanol–water partition coefficient (Wildman–Crippen LogP) is 19.2. The molecular formula is C118H127BrN12O9. The molecule has 9 aliphatic rings. The summed E-state index contributed by atoms with van der Waals surface area (Å²) in [6.07, 6.45) is 36.8. The van der Waals surface area contributed by atoms with Crippen LogP contribution in [-0.4, -0.2) is 137 Å². The summed E-state index contributed by atoms with van der Waals surface area (Å²) in [6.45, 7) is 8.96. The summed E-state index contributed by atoms with van der Waals surface area (Å²) < 4.78 is 0. The number of nitrogens with one attached hydrogen (secondary N) is 1. The molecule has 0 bridgehead atoms. The average molecular weight is 1940 g/mol. The van der Waals surface area contributed by atoms with Gasteiger partial charge >= 0.3 is 0 Å². The zero-order valence-electron chi connectivity index (χ0n) is 79.9. The Kier molecular flexibility index (Phi) is 36.6. The summed E-state index contributed by atoms with van der Waals surface area (Å²) in [4.78, 5) is 116. The number of aliphatic hydroxyl groups is 1. The van der Waals surface area contributed by atoms with Crippen molar-refractivity contribution in [1.82, 2.24) is 44.8 Å². The van der Waals surface area contributed by atoms with Gasteiger partial charge < -0.3 is 27.6 Å². The highest BCUT2D eigenvalue weighted by Crippen LogP contribution is 2.40. The topological polar surface area (TPSA) is 302 Å². The van der Waals surface area contributed by atoms with Crippen LogP contribution in [0.1, 0.15) is 250 Å². The Morgan fingerprint density at radius 1 is 0.407 bits per heavy atom. The maximum absolute atomic E-state index is 12.2. The number of allylic oxidation sites excluding steroid dienone is 1. The molecule has 0 unspecified atom stereocenters. The van der Waals surface area contributed by atoms with Crippen molar-refractivity contribution in [3.63, 3.8) is 0 Å². The smallest absolute Gasteiger partial charge is 0.268 e. The molecule has 0 fully saturated rings. The standard InChI is InChI=1S/C28H33N3.C24H31N3.C20H24N2.C16H11NO3.C12H10BrNO2.C10H7NO3.C8H11NO/c29-18-21-10-12-22(13-11-21)19-31(27-9-3-7-25-8-4-16-30-28(25)27)20-23-14-15-24-5-1-2-6-26(24)17-23;25-14-3-4-16-27(23-11-5-9-21-10-6-15-26-24(21)23)18-19-12-13-20-7-1-2-8-22(20)17-19;1-2-6-18-13-15(10-11-16(18)5-1)14-22-19-9-3-7-17-8-4-12-21-20(17)19;18-10-12-7-5-11(6-8-12)9-17-15(19)13-3-1-2-4-14(13)16(17)20;13-7-3-4-8-14-11(15)9-5-1-2-6-10(9)12(14)16;1-6(12)11-9(13)7-4-2-3-5-8(7)10(11)14;9-5-7-1-3-8(6-10)4-2-7/h1-2,4-6,8,10-13,16,23,27H,3,7,9,14-15,17-20,29H2;1-4,6-8,10,15,19,23H,5,9,11-14,16-18,25H2;1-2,4-6,8,12,15,19,22H,3,7,9-11,13-14H2;1-8,10H,9H2;1-6H,7-8H2;2-5H,1H3;1-4,10H,5-6,9H2/b;4-3+;;;4-3+;;/t23-,27+;19-,23+;15-,19+;;;;/m111..../s1. The van der Waals surface area contributed by atoms with Crippen LogP contribution >= 0.6 is 15.9 Å². The number of pyridine rings is 3. The van der Waals surface area contributed by atoms with Gasteiger partial charge in [-0.3, -0.25) is 72.9 Å². The van der Waals surface area contributed by atoms with Gasteiger partial charge in [0.25, 0.3) is 35.4 Å². The molecule has 21 rings (SSSR count). The Bertz CT molecular complexity index is 6220. The summed E-state index contributed by atoms with van der Waals surface area (Å²) >= 11 is 3.24. The van der Waals surface area contributed by atoms with Crippen LogP contribution in [-0.2, 0) is 95.4 Å². The Morgan fingerprint density at radius 3 is 1.24 bits per heavy atom. The fourth-order valence-corrected chi connectivity index (χ4v) is 20.9. The van der Waals surface area contributed by atoms with E-state index in [2.05, 4.69) is 182 Å². The number of aromatic nitrogens is 3. The summed E-state index contributed by atoms with van der Waals surface area (Å²) in [6, 6.07) is 84.7. The van der Waals surface area contributed by atoms with E-state index < -0.39 is 17.7 Å². The second-order valence-corrected chi connectivity index (χ2v) is 37.9. The van der Waals surface area contributed by atoms with Gasteiger partial charge in [-0.2, -0.15) is 0 Å². The molecule has 0 spiro atoms. The van der Waals surface area contributed by atoms with Crippen molar-refractivity contribution in [3.05, 3.63) is 432 Å². The van der Waals surface area contributed by atoms with Crippen molar-refractivity contribution in [1.29, 1.82) is 0 Å². The molecule has 720 valence electrons. The number of hydrogen-bond acceptors (Lipinski definition) is 18. The van der Waals surface area contributed by atoms with E-state index in [0.29, 0.717) is 94.1 Å². The van der Waals surface area contributed by atoms with Crippen LogP contribution in [0.25, 0.3) is 0 Å². The van der Waals surface area contributed by atoms with Gasteiger partial charge in [-0.25, -0.2) is 4.90 Å². The van der Waals surface area contributed by atoms with Crippen molar-refractivity contribution in [2.45, 2.75) is 173 Å². The van der Waals surface area contributed by atoms with Crippen molar-refractivity contribution < 1.29 is 43.5 Å². The Hall–Kier alpha value is -13.1. The van der Waals surface area contributed by atoms with Crippen molar-refractivity contribution in [2.24, 2.45) is 35.0 Å². The predicted molar refractivity (Wildman–Crippen MR) is 553 cm³/mol. The van der Waals surface area contributed by atoms with Crippen molar-refractivity contribution in [3.8, 4) is 0 Å². The average Bonchev–Trinajstić information content (AvgIpc) is 1.57. The highest BCUT2D eigenvalue weighted by atomic mass is 79.9. The lowest BCUT2D eigenvalue weighted by molar-refractivity contribution is -0.124. The summed E-state index contributed by atoms with van der Waals surface area (Å²) in [5.74, 6) is -0.376. The van der Waals surface area contributed by atoms with Crippen LogP contribution in [0.5, 0.6) is 0 Å². The molecule has 21 nitrogen and oxygen atoms in total. The first-order valence-corrected chi connectivity index (χ1v) is 50.5. The number of nitrogens with zero attached hydrogens (tertiary/aromatic N) is 8. The molecule has 7 amide bonds. The number of carbonyl (C=O) groups excluding carboxylic acids is 8. The molecule has 0 saturated carbocycles. The number of hydrogen-bond donors (Lipinski definition) is 5. The largest absolute Gasteiger partial charge is 0.392 e. The summed E-state index contributed by atoms with van der Waals surface area (Å²) in [7, 11) is 0. The second kappa shape index (κ2) is 50.6. The fraction of sp³-hybridized carbons (Fsp3) is 0.314. The van der Waals surface area contributed by atoms with Crippen molar-refractivity contribution in [2.75, 3.05) is 44.6 Å². The van der Waals surface area contributed by atoms with Gasteiger partial charge in [-0.05, 0) is 272 Å². The number of rotatable bonds is 23. The molecule has 3 aliphatic heterocycles. The Labute approximate surface area is 831 Å². The van der Waals surface area contributed by atoms with Crippen molar-refractivity contribution >= 4 is 63.6 Å². The normalized spacial score (nSPS) is 18.2. The lowest BCUT2D eigenvalue weighted by Gasteiger charge is -2.38. The maximum atomic E-state index is 12.2. The minimum atomic E-state index is -0.545. The SMILES string of the molecule is CC(=O)N1C(=O)c2ccccc2C1=O.NC/C=C/CN(C[C@@H]1CCc2ccccc2C1)[C@H]1CCCc2cccnc21.NCc1ccc(CN(C[C@@H]2CCc3ccccc3C2)[C@H]2CCCc3cccnc32)cc1.NCc1ccc(CO)cc1.O=C1c2ccccc2C(=O)N1C/C=C/CBr.O=Cc1ccc(CN2C(=O)c3ccccc3C2=O)cc1.c1ccc2c(c1)CC[C@@H](CN[C@H]1CCCc3cccnc31)C2. The number of nitrogens with two attached hydrogens (primary N) is 3. The molecular weight excluding hydrogens is 1810 g/mol. The minimum Gasteiger partial charge on any atom is -0.392 e. The van der Waals surface area contributed by atoms with Gasteiger partial charge in [-0.15, -0.1) is 0 Å². The van der Waals surface area contributed by atoms with Crippen LogP contribution in [0.15, 0.2) is 298 Å². The number of fused-ring (bicyclic) bond motifs is 9. The van der Waals surface area contributed by atoms with Gasteiger partial charge in [0.05, 0.1) is 75.7 Å². The minimum absolute atomic E-state index is 0.102. The van der Waals surface area contributed by atoms with E-state index in [0.717, 1.165) is 79.3 Å². The Balaban J connectivity index is 0.000000127. The number of imide groups is 5. The highest BCUT2D eigenvalue weighted by molar-refractivity contribution is 9.09. The maximum Gasteiger partial charge on any atom is 0.268 e. The summed E-state index contributed by atoms with van der Waals surface area (Å²) in [5.41, 5.74) is 42.9. The lowest BCUT2D eigenvalue weighted by atomic mass is 9.82. The van der Waals surface area contributed by atoms with Crippen LogP contribution in [0.4, 0.5) is 0 Å². The van der Waals surface area contributed by atoms with E-state index in [-0.39, 0.29) is 36.8 Å². The highest BCUT2D eigenvalue weighted by Gasteiger charge is 2.40. The van der Waals surface area contributed by atoms with Gasteiger partial charge in [-0.1, -0.05) is 240 Å². The second-order valence-electron chi connectivity index (χ2n) is 37.2. The number of benzene rings is 9. The van der Waals surface area contributed by atoms with E-state index >= 15 is 0 Å².